The van der Waals surface area contributed by atoms with E-state index in [1.165, 1.54) is 6.07 Å². The number of rotatable bonds is 5. The van der Waals surface area contributed by atoms with Gasteiger partial charge in [0.25, 0.3) is 0 Å². The monoisotopic (exact) mass is 375 g/mol. The van der Waals surface area contributed by atoms with Crippen molar-refractivity contribution in [2.45, 2.75) is 46.0 Å². The summed E-state index contributed by atoms with van der Waals surface area (Å²) >= 11 is 0. The first kappa shape index (κ1) is 19.4. The van der Waals surface area contributed by atoms with Gasteiger partial charge in [0.1, 0.15) is 5.82 Å². The first-order valence-electron chi connectivity index (χ1n) is 9.09. The van der Waals surface area contributed by atoms with Crippen LogP contribution in [0.5, 0.6) is 0 Å². The Morgan fingerprint density at radius 2 is 1.89 bits per heavy atom. The molecule has 2 atom stereocenters. The van der Waals surface area contributed by atoms with Crippen LogP contribution >= 0.6 is 0 Å². The van der Waals surface area contributed by atoms with E-state index in [1.54, 1.807) is 0 Å². The maximum absolute atomic E-state index is 13.1. The quantitative estimate of drug-likeness (QED) is 0.644. The molecular formula is C21H24F3N3. The van der Waals surface area contributed by atoms with E-state index in [0.717, 1.165) is 29.7 Å². The number of alkyl halides is 3. The highest BCUT2D eigenvalue weighted by Crippen LogP contribution is 2.33. The van der Waals surface area contributed by atoms with Gasteiger partial charge in [-0.1, -0.05) is 50.1 Å². The molecule has 2 aromatic carbocycles. The topological polar surface area (TPSA) is 43.8 Å². The Kier molecular flexibility index (Phi) is 5.29. The van der Waals surface area contributed by atoms with Crippen molar-refractivity contribution in [2.24, 2.45) is 11.7 Å². The summed E-state index contributed by atoms with van der Waals surface area (Å²) in [5.41, 5.74) is 8.90. The Morgan fingerprint density at radius 3 is 2.52 bits per heavy atom. The van der Waals surface area contributed by atoms with Crippen molar-refractivity contribution in [1.82, 2.24) is 9.55 Å². The van der Waals surface area contributed by atoms with Crippen LogP contribution in [0.15, 0.2) is 42.5 Å². The molecule has 144 valence electrons. The summed E-state index contributed by atoms with van der Waals surface area (Å²) in [5, 5.41) is 0. The summed E-state index contributed by atoms with van der Waals surface area (Å²) in [5.74, 6) is 0.792. The second-order valence-electron chi connectivity index (χ2n) is 7.16. The van der Waals surface area contributed by atoms with E-state index >= 15 is 0 Å². The fourth-order valence-electron chi connectivity index (χ4n) is 3.25. The van der Waals surface area contributed by atoms with Crippen molar-refractivity contribution >= 4 is 11.0 Å². The second-order valence-corrected chi connectivity index (χ2v) is 7.16. The lowest BCUT2D eigenvalue weighted by Crippen LogP contribution is -2.23. The Labute approximate surface area is 157 Å². The molecule has 3 nitrogen and oxygen atoms in total. The normalized spacial score (nSPS) is 14.5. The molecule has 0 radical (unpaired) electrons. The number of hydrogen-bond acceptors (Lipinski definition) is 2. The minimum atomic E-state index is -4.40. The van der Waals surface area contributed by atoms with Crippen molar-refractivity contribution in [2.75, 3.05) is 0 Å². The van der Waals surface area contributed by atoms with Gasteiger partial charge in [-0.15, -0.1) is 0 Å². The van der Waals surface area contributed by atoms with Gasteiger partial charge in [-0.2, -0.15) is 13.2 Å². The fraction of sp³-hybridized carbons (Fsp3) is 0.381. The average Bonchev–Trinajstić information content (AvgIpc) is 2.97. The zero-order valence-electron chi connectivity index (χ0n) is 15.7. The number of nitrogens with zero attached hydrogens (tertiary/aromatic N) is 2. The fourth-order valence-corrected chi connectivity index (χ4v) is 3.25. The van der Waals surface area contributed by atoms with E-state index in [-0.39, 0.29) is 12.0 Å². The maximum atomic E-state index is 13.1. The molecule has 0 fully saturated rings. The van der Waals surface area contributed by atoms with Crippen LogP contribution in [0.1, 0.15) is 48.8 Å². The molecule has 0 spiro atoms. The minimum Gasteiger partial charge on any atom is -0.322 e. The molecule has 0 aliphatic heterocycles. The van der Waals surface area contributed by atoms with Gasteiger partial charge in [0.15, 0.2) is 0 Å². The van der Waals surface area contributed by atoms with E-state index in [1.807, 2.05) is 43.5 Å². The van der Waals surface area contributed by atoms with Gasteiger partial charge in [-0.3, -0.25) is 0 Å². The molecule has 0 amide bonds. The largest absolute Gasteiger partial charge is 0.416 e. The summed E-state index contributed by atoms with van der Waals surface area (Å²) in [6.45, 7) is 6.60. The Balaban J connectivity index is 2.15. The van der Waals surface area contributed by atoms with Crippen LogP contribution in [-0.2, 0) is 12.7 Å². The van der Waals surface area contributed by atoms with Gasteiger partial charge in [0, 0.05) is 6.54 Å². The number of halogens is 3. The lowest BCUT2D eigenvalue weighted by atomic mass is 9.99. The summed E-state index contributed by atoms with van der Waals surface area (Å²) in [4.78, 5) is 4.51. The second kappa shape index (κ2) is 7.35. The zero-order valence-corrected chi connectivity index (χ0v) is 15.7. The lowest BCUT2D eigenvalue weighted by Gasteiger charge is -2.20. The highest BCUT2D eigenvalue weighted by atomic mass is 19.4. The van der Waals surface area contributed by atoms with Crippen LogP contribution in [0.2, 0.25) is 0 Å². The van der Waals surface area contributed by atoms with Crippen LogP contribution in [0.4, 0.5) is 13.2 Å². The van der Waals surface area contributed by atoms with Crippen LogP contribution in [0.25, 0.3) is 11.0 Å². The summed E-state index contributed by atoms with van der Waals surface area (Å²) in [7, 11) is 0. The van der Waals surface area contributed by atoms with E-state index in [0.29, 0.717) is 23.4 Å². The molecule has 6 heteroatoms. The predicted molar refractivity (Wildman–Crippen MR) is 101 cm³/mol. The molecule has 0 aliphatic carbocycles. The Hall–Kier alpha value is -2.34. The molecule has 27 heavy (non-hydrogen) atoms. The third-order valence-electron chi connectivity index (χ3n) is 5.08. The van der Waals surface area contributed by atoms with Gasteiger partial charge in [0.05, 0.1) is 22.6 Å². The molecule has 0 aliphatic rings. The van der Waals surface area contributed by atoms with Crippen LogP contribution in [0.3, 0.4) is 0 Å². The van der Waals surface area contributed by atoms with Gasteiger partial charge < -0.3 is 10.3 Å². The number of nitrogens with two attached hydrogens (primary N) is 1. The van der Waals surface area contributed by atoms with Crippen LogP contribution in [-0.4, -0.2) is 9.55 Å². The number of benzene rings is 2. The van der Waals surface area contributed by atoms with Crippen LogP contribution in [0, 0.1) is 12.8 Å². The highest BCUT2D eigenvalue weighted by molar-refractivity contribution is 5.77. The number of aromatic nitrogens is 2. The molecule has 0 bridgehead atoms. The zero-order chi connectivity index (χ0) is 19.8. The van der Waals surface area contributed by atoms with E-state index in [2.05, 4.69) is 11.1 Å². The Morgan fingerprint density at radius 1 is 1.15 bits per heavy atom. The van der Waals surface area contributed by atoms with E-state index in [4.69, 9.17) is 5.73 Å². The third-order valence-corrected chi connectivity index (χ3v) is 5.08. The van der Waals surface area contributed by atoms with Crippen molar-refractivity contribution < 1.29 is 13.2 Å². The number of fused-ring (bicyclic) bond motifs is 1. The number of imidazole rings is 1. The SMILES string of the molecule is CC[C@H](C)[C@H](N)c1nc2cc(C(F)(F)F)ccc2n1Cc1cccc(C)c1. The molecule has 0 saturated heterocycles. The minimum absolute atomic E-state index is 0.167. The molecule has 0 saturated carbocycles. The average molecular weight is 375 g/mol. The molecule has 1 aromatic heterocycles. The van der Waals surface area contributed by atoms with E-state index in [9.17, 15) is 13.2 Å². The van der Waals surface area contributed by atoms with Crippen molar-refractivity contribution in [3.63, 3.8) is 0 Å². The smallest absolute Gasteiger partial charge is 0.322 e. The van der Waals surface area contributed by atoms with E-state index < -0.39 is 11.7 Å². The Bertz CT molecular complexity index is 943. The first-order valence-corrected chi connectivity index (χ1v) is 9.09. The third kappa shape index (κ3) is 4.00. The van der Waals surface area contributed by atoms with Crippen LogP contribution < -0.4 is 5.73 Å². The standard InChI is InChI=1S/C21H24F3N3/c1-4-14(3)19(25)20-26-17-11-16(21(22,23)24)8-9-18(17)27(20)12-15-7-5-6-13(2)10-15/h5-11,14,19H,4,12,25H2,1-3H3/t14-,19-/m0/s1. The van der Waals surface area contributed by atoms with Crippen molar-refractivity contribution in [1.29, 1.82) is 0 Å². The summed E-state index contributed by atoms with van der Waals surface area (Å²) < 4.78 is 41.2. The van der Waals surface area contributed by atoms with Gasteiger partial charge in [0.2, 0.25) is 0 Å². The molecular weight excluding hydrogens is 351 g/mol. The van der Waals surface area contributed by atoms with Gasteiger partial charge in [-0.05, 0) is 36.6 Å². The molecule has 2 N–H and O–H groups in total. The number of aryl methyl sites for hydroxylation is 1. The van der Waals surface area contributed by atoms with Crippen molar-refractivity contribution in [3.05, 3.63) is 65.0 Å². The summed E-state index contributed by atoms with van der Waals surface area (Å²) in [6.07, 6.45) is -3.53. The molecule has 3 aromatic rings. The first-order chi connectivity index (χ1) is 12.7. The molecule has 3 rings (SSSR count). The van der Waals surface area contributed by atoms with Gasteiger partial charge >= 0.3 is 6.18 Å². The molecule has 0 unspecified atom stereocenters. The summed E-state index contributed by atoms with van der Waals surface area (Å²) in [6, 6.07) is 11.4. The predicted octanol–water partition coefficient (Wildman–Crippen LogP) is 5.46. The molecule has 1 heterocycles. The lowest BCUT2D eigenvalue weighted by molar-refractivity contribution is -0.137. The number of hydrogen-bond donors (Lipinski definition) is 1. The highest BCUT2D eigenvalue weighted by Gasteiger charge is 2.31. The maximum Gasteiger partial charge on any atom is 0.416 e. The van der Waals surface area contributed by atoms with Gasteiger partial charge in [-0.25, -0.2) is 4.98 Å². The van der Waals surface area contributed by atoms with Crippen molar-refractivity contribution in [3.8, 4) is 0 Å².